The molecule has 2 unspecified atom stereocenters. The molecule has 5 heteroatoms. The van der Waals surface area contributed by atoms with Crippen molar-refractivity contribution in [2.45, 2.75) is 37.7 Å². The van der Waals surface area contributed by atoms with E-state index in [9.17, 15) is 5.11 Å². The minimum absolute atomic E-state index is 0.0877. The summed E-state index contributed by atoms with van der Waals surface area (Å²) in [5.74, 6) is -0.0877. The maximum atomic E-state index is 10.1. The molecule has 1 aliphatic rings. The highest BCUT2D eigenvalue weighted by Crippen LogP contribution is 2.28. The molecule has 1 saturated heterocycles. The van der Waals surface area contributed by atoms with Gasteiger partial charge in [-0.25, -0.2) is 0 Å². The minimum Gasteiger partial charge on any atom is -0.394 e. The van der Waals surface area contributed by atoms with E-state index in [-0.39, 0.29) is 31.3 Å². The molecule has 0 spiro atoms. The molecule has 5 atom stereocenters. The topological polar surface area (TPSA) is 82.0 Å². The van der Waals surface area contributed by atoms with Crippen molar-refractivity contribution >= 4 is 0 Å². The van der Waals surface area contributed by atoms with Crippen LogP contribution in [0.3, 0.4) is 0 Å². The van der Waals surface area contributed by atoms with Crippen LogP contribution in [-0.4, -0.2) is 59.9 Å². The monoisotopic (exact) mass is 219 g/mol. The molecular weight excluding hydrogens is 198 g/mol. The zero-order chi connectivity index (χ0) is 11.4. The maximum absolute atomic E-state index is 10.1. The molecule has 90 valence electrons. The summed E-state index contributed by atoms with van der Waals surface area (Å²) >= 11 is 0. The van der Waals surface area contributed by atoms with E-state index in [0.29, 0.717) is 0 Å². The van der Waals surface area contributed by atoms with Gasteiger partial charge in [0.05, 0.1) is 37.6 Å². The van der Waals surface area contributed by atoms with Gasteiger partial charge in [-0.3, -0.25) is 0 Å². The Morgan fingerprint density at radius 1 is 1.20 bits per heavy atom. The SMILES string of the molecule is CC[C@@H]1C(CO)O[C@@H](CO)C(NC)[C@@H]1O. The second-order valence-electron chi connectivity index (χ2n) is 3.96. The summed E-state index contributed by atoms with van der Waals surface area (Å²) in [6.07, 6.45) is -0.692. The molecule has 0 aliphatic carbocycles. The van der Waals surface area contributed by atoms with Crippen LogP contribution < -0.4 is 5.32 Å². The number of likely N-dealkylation sites (N-methyl/N-ethyl adjacent to an activating group) is 1. The summed E-state index contributed by atoms with van der Waals surface area (Å²) in [6, 6.07) is -0.275. The lowest BCUT2D eigenvalue weighted by Gasteiger charge is -2.43. The maximum Gasteiger partial charge on any atom is 0.0988 e. The third-order valence-corrected chi connectivity index (χ3v) is 3.20. The van der Waals surface area contributed by atoms with Crippen molar-refractivity contribution in [3.8, 4) is 0 Å². The molecule has 0 radical (unpaired) electrons. The van der Waals surface area contributed by atoms with E-state index in [1.807, 2.05) is 6.92 Å². The summed E-state index contributed by atoms with van der Waals surface area (Å²) < 4.78 is 5.54. The van der Waals surface area contributed by atoms with Crippen molar-refractivity contribution in [1.82, 2.24) is 5.32 Å². The zero-order valence-electron chi connectivity index (χ0n) is 9.26. The lowest BCUT2D eigenvalue weighted by Crippen LogP contribution is -2.61. The third kappa shape index (κ3) is 2.49. The first-order valence-corrected chi connectivity index (χ1v) is 5.42. The van der Waals surface area contributed by atoms with Crippen molar-refractivity contribution < 1.29 is 20.1 Å². The second kappa shape index (κ2) is 5.77. The fraction of sp³-hybridized carbons (Fsp3) is 1.00. The van der Waals surface area contributed by atoms with Gasteiger partial charge in [-0.15, -0.1) is 0 Å². The second-order valence-corrected chi connectivity index (χ2v) is 3.96. The number of nitrogens with one attached hydrogen (secondary N) is 1. The van der Waals surface area contributed by atoms with Crippen LogP contribution in [0.2, 0.25) is 0 Å². The fourth-order valence-corrected chi connectivity index (χ4v) is 2.31. The highest BCUT2D eigenvalue weighted by molar-refractivity contribution is 4.94. The van der Waals surface area contributed by atoms with Crippen LogP contribution in [0.1, 0.15) is 13.3 Å². The molecule has 0 aromatic carbocycles. The van der Waals surface area contributed by atoms with Crippen molar-refractivity contribution in [3.05, 3.63) is 0 Å². The summed E-state index contributed by atoms with van der Waals surface area (Å²) in [4.78, 5) is 0. The Morgan fingerprint density at radius 2 is 1.80 bits per heavy atom. The van der Waals surface area contributed by atoms with E-state index in [4.69, 9.17) is 14.9 Å². The largest absolute Gasteiger partial charge is 0.394 e. The van der Waals surface area contributed by atoms with Gasteiger partial charge in [0.25, 0.3) is 0 Å². The Kier molecular flexibility index (Phi) is 4.95. The van der Waals surface area contributed by atoms with Crippen LogP contribution in [0.5, 0.6) is 0 Å². The van der Waals surface area contributed by atoms with Gasteiger partial charge in [0, 0.05) is 5.92 Å². The molecule has 0 saturated carbocycles. The van der Waals surface area contributed by atoms with Crippen molar-refractivity contribution in [1.29, 1.82) is 0 Å². The van der Waals surface area contributed by atoms with Crippen LogP contribution in [0, 0.1) is 5.92 Å². The van der Waals surface area contributed by atoms with Gasteiger partial charge in [-0.05, 0) is 13.5 Å². The number of aliphatic hydroxyl groups excluding tert-OH is 3. The molecule has 0 amide bonds. The van der Waals surface area contributed by atoms with E-state index >= 15 is 0 Å². The van der Waals surface area contributed by atoms with Gasteiger partial charge in [0.1, 0.15) is 0 Å². The fourth-order valence-electron chi connectivity index (χ4n) is 2.31. The summed E-state index contributed by atoms with van der Waals surface area (Å²) in [6.45, 7) is 1.67. The van der Waals surface area contributed by atoms with Gasteiger partial charge < -0.3 is 25.4 Å². The van der Waals surface area contributed by atoms with E-state index in [2.05, 4.69) is 5.32 Å². The minimum atomic E-state index is -0.594. The Bertz CT molecular complexity index is 172. The molecule has 1 aliphatic heterocycles. The third-order valence-electron chi connectivity index (χ3n) is 3.20. The average molecular weight is 219 g/mol. The van der Waals surface area contributed by atoms with Crippen molar-refractivity contribution in [2.24, 2.45) is 5.92 Å². The number of aliphatic hydroxyl groups is 3. The first-order valence-electron chi connectivity index (χ1n) is 5.42. The molecule has 0 aromatic heterocycles. The van der Waals surface area contributed by atoms with Gasteiger partial charge in [-0.2, -0.15) is 0 Å². The van der Waals surface area contributed by atoms with Crippen LogP contribution in [0.25, 0.3) is 0 Å². The van der Waals surface area contributed by atoms with Crippen LogP contribution >= 0.6 is 0 Å². The lowest BCUT2D eigenvalue weighted by molar-refractivity contribution is -0.176. The van der Waals surface area contributed by atoms with Crippen LogP contribution in [0.4, 0.5) is 0 Å². The lowest BCUT2D eigenvalue weighted by atomic mass is 9.84. The molecule has 4 N–H and O–H groups in total. The summed E-state index contributed by atoms with van der Waals surface area (Å²) in [5.41, 5.74) is 0. The van der Waals surface area contributed by atoms with E-state index in [0.717, 1.165) is 6.42 Å². The molecule has 5 nitrogen and oxygen atoms in total. The van der Waals surface area contributed by atoms with E-state index < -0.39 is 12.2 Å². The van der Waals surface area contributed by atoms with Gasteiger partial charge in [0.15, 0.2) is 0 Å². The smallest absolute Gasteiger partial charge is 0.0988 e. The molecule has 0 aromatic rings. The van der Waals surface area contributed by atoms with Crippen molar-refractivity contribution in [2.75, 3.05) is 20.3 Å². The molecule has 1 heterocycles. The standard InChI is InChI=1S/C10H21NO4/c1-3-6-7(4-12)15-8(5-13)9(11-2)10(6)14/h6-14H,3-5H2,1-2H3/t6-,7?,8+,9?,10-/m1/s1. The Morgan fingerprint density at radius 3 is 2.20 bits per heavy atom. The molecular formula is C10H21NO4. The Labute approximate surface area is 90.1 Å². The van der Waals surface area contributed by atoms with Crippen molar-refractivity contribution in [3.63, 3.8) is 0 Å². The molecule has 1 fully saturated rings. The first kappa shape index (κ1) is 12.9. The predicted octanol–water partition coefficient (Wildman–Crippen LogP) is -1.29. The van der Waals surface area contributed by atoms with E-state index in [1.54, 1.807) is 7.05 Å². The van der Waals surface area contributed by atoms with E-state index in [1.165, 1.54) is 0 Å². The van der Waals surface area contributed by atoms with Gasteiger partial charge >= 0.3 is 0 Å². The number of hydrogen-bond acceptors (Lipinski definition) is 5. The Hall–Kier alpha value is -0.200. The summed E-state index contributed by atoms with van der Waals surface area (Å²) in [7, 11) is 1.73. The Balaban J connectivity index is 2.76. The van der Waals surface area contributed by atoms with Gasteiger partial charge in [-0.1, -0.05) is 6.92 Å². The molecule has 1 rings (SSSR count). The number of rotatable bonds is 4. The quantitative estimate of drug-likeness (QED) is 0.473. The molecule has 15 heavy (non-hydrogen) atoms. The highest BCUT2D eigenvalue weighted by atomic mass is 16.5. The van der Waals surface area contributed by atoms with Gasteiger partial charge in [0.2, 0.25) is 0 Å². The predicted molar refractivity (Wildman–Crippen MR) is 55.5 cm³/mol. The highest BCUT2D eigenvalue weighted by Gasteiger charge is 2.42. The summed E-state index contributed by atoms with van der Waals surface area (Å²) in [5, 5.41) is 31.3. The number of ether oxygens (including phenoxy) is 1. The average Bonchev–Trinajstić information content (AvgIpc) is 2.27. The van der Waals surface area contributed by atoms with Crippen LogP contribution in [-0.2, 0) is 4.74 Å². The molecule has 0 bridgehead atoms. The first-order chi connectivity index (χ1) is 7.19. The van der Waals surface area contributed by atoms with Crippen LogP contribution in [0.15, 0.2) is 0 Å². The normalized spacial score (nSPS) is 41.8. The number of hydrogen-bond donors (Lipinski definition) is 4. The zero-order valence-corrected chi connectivity index (χ0v) is 9.26.